The molecule has 0 bridgehead atoms. The summed E-state index contributed by atoms with van der Waals surface area (Å²) >= 11 is 0. The van der Waals surface area contributed by atoms with Crippen molar-refractivity contribution in [2.24, 2.45) is 0 Å². The highest BCUT2D eigenvalue weighted by Gasteiger charge is 2.30. The van der Waals surface area contributed by atoms with E-state index in [9.17, 15) is 4.79 Å². The topological polar surface area (TPSA) is 35.5 Å². The van der Waals surface area contributed by atoms with Crippen LogP contribution in [0.3, 0.4) is 0 Å². The Labute approximate surface area is 127 Å². The van der Waals surface area contributed by atoms with E-state index >= 15 is 0 Å². The zero-order valence-corrected chi connectivity index (χ0v) is 13.8. The fraction of sp³-hybridized carbons (Fsp3) is 0.444. The van der Waals surface area contributed by atoms with Crippen molar-refractivity contribution in [2.45, 2.75) is 52.9 Å². The summed E-state index contributed by atoms with van der Waals surface area (Å²) in [4.78, 5) is 21.6. The van der Waals surface area contributed by atoms with Gasteiger partial charge in [-0.05, 0) is 30.9 Å². The van der Waals surface area contributed by atoms with Crippen LogP contribution in [-0.2, 0) is 20.0 Å². The molecule has 0 aliphatic rings. The second kappa shape index (κ2) is 6.90. The van der Waals surface area contributed by atoms with Crippen LogP contribution in [0.5, 0.6) is 0 Å². The molecule has 0 spiro atoms. The summed E-state index contributed by atoms with van der Waals surface area (Å²) in [5.41, 5.74) is 2.13. The van der Waals surface area contributed by atoms with Crippen molar-refractivity contribution >= 4 is 5.97 Å². The van der Waals surface area contributed by atoms with Gasteiger partial charge >= 0.3 is 5.97 Å². The van der Waals surface area contributed by atoms with E-state index in [-0.39, 0.29) is 0 Å². The van der Waals surface area contributed by atoms with Crippen molar-refractivity contribution in [1.82, 2.24) is 0 Å². The highest BCUT2D eigenvalue weighted by molar-refractivity contribution is 5.90. The lowest BCUT2D eigenvalue weighted by molar-refractivity contribution is -0.260. The Morgan fingerprint density at radius 2 is 1.62 bits per heavy atom. The van der Waals surface area contributed by atoms with Crippen LogP contribution in [0.25, 0.3) is 0 Å². The third-order valence-electron chi connectivity index (χ3n) is 3.58. The molecule has 0 aromatic heterocycles. The van der Waals surface area contributed by atoms with Crippen LogP contribution in [-0.4, -0.2) is 5.97 Å². The summed E-state index contributed by atoms with van der Waals surface area (Å²) in [6.45, 7) is 15.5. The lowest BCUT2D eigenvalue weighted by atomic mass is 9.78. The Morgan fingerprint density at radius 3 is 2.05 bits per heavy atom. The van der Waals surface area contributed by atoms with E-state index in [1.807, 2.05) is 26.0 Å². The minimum Gasteiger partial charge on any atom is -0.293 e. The summed E-state index contributed by atoms with van der Waals surface area (Å²) in [6.07, 6.45) is 0.565. The van der Waals surface area contributed by atoms with Crippen molar-refractivity contribution < 1.29 is 14.6 Å². The van der Waals surface area contributed by atoms with Gasteiger partial charge in [-0.25, -0.2) is 4.79 Å². The van der Waals surface area contributed by atoms with Gasteiger partial charge in [0, 0.05) is 11.0 Å². The number of rotatable bonds is 6. The van der Waals surface area contributed by atoms with Crippen LogP contribution in [0.1, 0.15) is 58.6 Å². The molecule has 1 rings (SSSR count). The third kappa shape index (κ3) is 4.43. The lowest BCUT2D eigenvalue weighted by Crippen LogP contribution is -2.26. The summed E-state index contributed by atoms with van der Waals surface area (Å²) < 4.78 is 0. The van der Waals surface area contributed by atoms with Gasteiger partial charge in [0.2, 0.25) is 0 Å². The van der Waals surface area contributed by atoms with Gasteiger partial charge in [0.1, 0.15) is 6.10 Å². The summed E-state index contributed by atoms with van der Waals surface area (Å²) in [5, 5.41) is 0. The van der Waals surface area contributed by atoms with E-state index in [4.69, 9.17) is 9.78 Å². The van der Waals surface area contributed by atoms with Crippen LogP contribution in [0, 0.1) is 6.10 Å². The molecule has 0 saturated heterocycles. The Kier molecular flexibility index (Phi) is 5.73. The molecule has 0 heterocycles. The molecule has 1 aromatic rings. The van der Waals surface area contributed by atoms with E-state index in [0.717, 1.165) is 5.56 Å². The first-order valence-corrected chi connectivity index (χ1v) is 7.15. The molecular formula is C18H25O3. The van der Waals surface area contributed by atoms with Crippen molar-refractivity contribution in [3.63, 3.8) is 0 Å². The molecular weight excluding hydrogens is 264 g/mol. The van der Waals surface area contributed by atoms with Gasteiger partial charge < -0.3 is 0 Å². The number of benzene rings is 1. The number of hydrogen-bond donors (Lipinski definition) is 0. The maximum Gasteiger partial charge on any atom is 0.369 e. The molecule has 0 saturated carbocycles. The van der Waals surface area contributed by atoms with E-state index in [0.29, 0.717) is 17.6 Å². The molecule has 0 unspecified atom stereocenters. The summed E-state index contributed by atoms with van der Waals surface area (Å²) in [5.74, 6) is -0.0686. The Morgan fingerprint density at radius 1 is 1.10 bits per heavy atom. The Balaban J connectivity index is 2.88. The Hall–Kier alpha value is -1.61. The van der Waals surface area contributed by atoms with Crippen LogP contribution < -0.4 is 0 Å². The monoisotopic (exact) mass is 289 g/mol. The molecule has 115 valence electrons. The molecule has 0 aliphatic heterocycles. The predicted octanol–water partition coefficient (Wildman–Crippen LogP) is 4.69. The Bertz CT molecular complexity index is 496. The first-order chi connectivity index (χ1) is 9.66. The normalized spacial score (nSPS) is 11.8. The first kappa shape index (κ1) is 17.4. The van der Waals surface area contributed by atoms with Gasteiger partial charge in [0.05, 0.1) is 0 Å². The molecule has 0 atom stereocenters. The molecule has 3 heteroatoms. The van der Waals surface area contributed by atoms with Gasteiger partial charge in [-0.3, -0.25) is 4.89 Å². The maximum atomic E-state index is 12.0. The molecule has 0 N–H and O–H groups in total. The SMILES string of the molecule is C=C(C(=O)OO[C](C)C)C(C)(C)c1ccc(C(C)C)cc1. The predicted molar refractivity (Wildman–Crippen MR) is 84.5 cm³/mol. The van der Waals surface area contributed by atoms with Gasteiger partial charge in [0.15, 0.2) is 0 Å². The highest BCUT2D eigenvalue weighted by Crippen LogP contribution is 2.32. The molecule has 21 heavy (non-hydrogen) atoms. The average molecular weight is 289 g/mol. The zero-order valence-electron chi connectivity index (χ0n) is 13.8. The number of carbonyl (C=O) groups is 1. The van der Waals surface area contributed by atoms with Crippen molar-refractivity contribution in [3.8, 4) is 0 Å². The fourth-order valence-electron chi connectivity index (χ4n) is 1.89. The molecule has 0 aliphatic carbocycles. The maximum absolute atomic E-state index is 12.0. The number of hydrogen-bond acceptors (Lipinski definition) is 3. The second-order valence-electron chi connectivity index (χ2n) is 6.24. The second-order valence-corrected chi connectivity index (χ2v) is 6.24. The standard InChI is InChI=1S/C18H25O3/c1-12(2)15-8-10-16(11-9-15)18(6,7)14(5)17(19)21-20-13(3)4/h8-12H,5H2,1-4,6-7H3. The van der Waals surface area contributed by atoms with E-state index < -0.39 is 11.4 Å². The van der Waals surface area contributed by atoms with Crippen molar-refractivity contribution in [1.29, 1.82) is 0 Å². The molecule has 1 radical (unpaired) electrons. The van der Waals surface area contributed by atoms with Gasteiger partial charge in [-0.2, -0.15) is 4.89 Å². The third-order valence-corrected chi connectivity index (χ3v) is 3.58. The van der Waals surface area contributed by atoms with Crippen LogP contribution in [0.4, 0.5) is 0 Å². The smallest absolute Gasteiger partial charge is 0.293 e. The fourth-order valence-corrected chi connectivity index (χ4v) is 1.89. The van der Waals surface area contributed by atoms with Gasteiger partial charge in [-0.1, -0.05) is 58.5 Å². The molecule has 0 fully saturated rings. The molecule has 3 nitrogen and oxygen atoms in total. The van der Waals surface area contributed by atoms with Crippen LogP contribution in [0.15, 0.2) is 36.4 Å². The minimum absolute atomic E-state index is 0.362. The minimum atomic E-state index is -0.547. The lowest BCUT2D eigenvalue weighted by Gasteiger charge is -2.26. The van der Waals surface area contributed by atoms with Gasteiger partial charge in [-0.15, -0.1) is 0 Å². The van der Waals surface area contributed by atoms with Crippen molar-refractivity contribution in [3.05, 3.63) is 53.6 Å². The zero-order chi connectivity index (χ0) is 16.2. The van der Waals surface area contributed by atoms with E-state index in [1.54, 1.807) is 13.8 Å². The molecule has 1 aromatic carbocycles. The van der Waals surface area contributed by atoms with Crippen molar-refractivity contribution in [2.75, 3.05) is 0 Å². The highest BCUT2D eigenvalue weighted by atomic mass is 17.2. The average Bonchev–Trinajstić information content (AvgIpc) is 2.43. The summed E-state index contributed by atoms with van der Waals surface area (Å²) in [6, 6.07) is 8.24. The molecule has 0 amide bonds. The van der Waals surface area contributed by atoms with Crippen LogP contribution in [0.2, 0.25) is 0 Å². The quantitative estimate of drug-likeness (QED) is 0.433. The summed E-state index contributed by atoms with van der Waals surface area (Å²) in [7, 11) is 0. The number of carbonyl (C=O) groups excluding carboxylic acids is 1. The van der Waals surface area contributed by atoms with Gasteiger partial charge in [0.25, 0.3) is 0 Å². The largest absolute Gasteiger partial charge is 0.369 e. The van der Waals surface area contributed by atoms with E-state index in [2.05, 4.69) is 32.6 Å². The van der Waals surface area contributed by atoms with E-state index in [1.165, 1.54) is 5.56 Å². The van der Waals surface area contributed by atoms with Crippen LogP contribution >= 0.6 is 0 Å². The first-order valence-electron chi connectivity index (χ1n) is 7.15.